The molecule has 1 unspecified atom stereocenters. The average Bonchev–Trinajstić information content (AvgIpc) is 3.63. The molecule has 1 saturated heterocycles. The third kappa shape index (κ3) is 7.36. The minimum absolute atomic E-state index is 0.0262. The molecule has 11 nitrogen and oxygen atoms in total. The van der Waals surface area contributed by atoms with E-state index in [0.717, 1.165) is 21.7 Å². The number of nitrogens with zero attached hydrogens (tertiary/aromatic N) is 5. The van der Waals surface area contributed by atoms with E-state index < -0.39 is 35.3 Å². The summed E-state index contributed by atoms with van der Waals surface area (Å²) in [5.74, 6) is -0.959. The molecule has 0 radical (unpaired) electrons. The van der Waals surface area contributed by atoms with E-state index in [0.29, 0.717) is 22.8 Å². The van der Waals surface area contributed by atoms with Gasteiger partial charge in [0.1, 0.15) is 17.4 Å². The zero-order chi connectivity index (χ0) is 33.4. The van der Waals surface area contributed by atoms with Gasteiger partial charge in [-0.25, -0.2) is 19.7 Å². The van der Waals surface area contributed by atoms with Gasteiger partial charge in [-0.2, -0.15) is 13.2 Å². The summed E-state index contributed by atoms with van der Waals surface area (Å²) in [6.45, 7) is 6.93. The molecule has 2 aromatic heterocycles. The van der Waals surface area contributed by atoms with Gasteiger partial charge in [0.15, 0.2) is 10.9 Å². The van der Waals surface area contributed by atoms with Crippen molar-refractivity contribution < 1.29 is 37.0 Å². The molecule has 0 bridgehead atoms. The highest BCUT2D eigenvalue weighted by Gasteiger charge is 2.37. The van der Waals surface area contributed by atoms with E-state index in [2.05, 4.69) is 20.3 Å². The number of thiazole rings is 1. The highest BCUT2D eigenvalue weighted by atomic mass is 32.1. The molecule has 15 heteroatoms. The molecule has 5 rings (SSSR count). The fraction of sp³-hybridized carbons (Fsp3) is 0.355. The number of fused-ring (bicyclic) bond motifs is 1. The van der Waals surface area contributed by atoms with Gasteiger partial charge >= 0.3 is 12.3 Å². The van der Waals surface area contributed by atoms with Gasteiger partial charge in [0.2, 0.25) is 17.7 Å². The van der Waals surface area contributed by atoms with Crippen LogP contribution in [0.2, 0.25) is 0 Å². The van der Waals surface area contributed by atoms with Crippen molar-refractivity contribution in [1.82, 2.24) is 19.9 Å². The molecule has 0 spiro atoms. The molecule has 2 aromatic carbocycles. The van der Waals surface area contributed by atoms with Crippen LogP contribution >= 0.6 is 11.3 Å². The number of para-hydroxylation sites is 1. The van der Waals surface area contributed by atoms with Crippen LogP contribution in [0, 0.1) is 5.92 Å². The Morgan fingerprint density at radius 3 is 2.54 bits per heavy atom. The summed E-state index contributed by atoms with van der Waals surface area (Å²) in [4.78, 5) is 53.1. The third-order valence-corrected chi connectivity index (χ3v) is 7.94. The number of likely N-dealkylation sites (tertiary alicyclic amines) is 1. The summed E-state index contributed by atoms with van der Waals surface area (Å²) in [5.41, 5.74) is -0.762. The smallest absolute Gasteiger partial charge is 0.416 e. The molecule has 242 valence electrons. The molecular weight excluding hydrogens is 625 g/mol. The number of alkyl halides is 3. The van der Waals surface area contributed by atoms with Crippen LogP contribution in [0.4, 0.5) is 28.8 Å². The van der Waals surface area contributed by atoms with Crippen LogP contribution in [0.1, 0.15) is 39.7 Å². The summed E-state index contributed by atoms with van der Waals surface area (Å²) in [6.07, 6.45) is -3.69. The predicted octanol–water partition coefficient (Wildman–Crippen LogP) is 6.74. The van der Waals surface area contributed by atoms with Gasteiger partial charge in [-0.1, -0.05) is 23.5 Å². The van der Waals surface area contributed by atoms with Crippen LogP contribution in [0.5, 0.6) is 11.6 Å². The van der Waals surface area contributed by atoms with Gasteiger partial charge < -0.3 is 24.6 Å². The Kier molecular flexibility index (Phi) is 8.89. The lowest BCUT2D eigenvalue weighted by Crippen LogP contribution is -2.38. The Bertz CT molecular complexity index is 1810. The molecule has 1 N–H and O–H groups in total. The minimum atomic E-state index is -4.67. The van der Waals surface area contributed by atoms with Crippen molar-refractivity contribution in [3.63, 3.8) is 0 Å². The first-order chi connectivity index (χ1) is 21.6. The molecule has 1 aliphatic heterocycles. The van der Waals surface area contributed by atoms with Gasteiger partial charge in [-0.3, -0.25) is 9.59 Å². The number of hydrogen-bond acceptors (Lipinski definition) is 9. The lowest BCUT2D eigenvalue weighted by atomic mass is 10.0. The average molecular weight is 657 g/mol. The molecule has 3 amide bonds. The molecule has 0 saturated carbocycles. The highest BCUT2D eigenvalue weighted by molar-refractivity contribution is 7.22. The number of benzene rings is 2. The lowest BCUT2D eigenvalue weighted by molar-refractivity contribution is -0.137. The van der Waals surface area contributed by atoms with Crippen LogP contribution < -0.4 is 15.0 Å². The molecule has 3 heterocycles. The number of rotatable bonds is 6. The van der Waals surface area contributed by atoms with Crippen LogP contribution in [-0.4, -0.2) is 63.5 Å². The van der Waals surface area contributed by atoms with Crippen molar-refractivity contribution in [2.24, 2.45) is 5.92 Å². The second kappa shape index (κ2) is 12.5. The summed E-state index contributed by atoms with van der Waals surface area (Å²) >= 11 is 1.26. The number of carbonyl (C=O) groups excluding carboxylic acids is 3. The van der Waals surface area contributed by atoms with Crippen molar-refractivity contribution in [3.05, 3.63) is 54.4 Å². The molecular formula is C31H31F3N6O5S. The van der Waals surface area contributed by atoms with Crippen LogP contribution in [0.3, 0.4) is 0 Å². The van der Waals surface area contributed by atoms with Crippen LogP contribution in [0.25, 0.3) is 21.5 Å². The van der Waals surface area contributed by atoms with Gasteiger partial charge in [-0.05, 0) is 51.5 Å². The quantitative estimate of drug-likeness (QED) is 0.242. The first kappa shape index (κ1) is 32.6. The zero-order valence-corrected chi connectivity index (χ0v) is 26.5. The molecule has 1 aliphatic rings. The normalized spacial score (nSPS) is 15.1. The Hall–Kier alpha value is -4.79. The summed E-state index contributed by atoms with van der Waals surface area (Å²) in [6, 6.07) is 9.74. The van der Waals surface area contributed by atoms with Gasteiger partial charge in [0, 0.05) is 38.7 Å². The monoisotopic (exact) mass is 656 g/mol. The molecule has 46 heavy (non-hydrogen) atoms. The number of hydrogen-bond donors (Lipinski definition) is 1. The van der Waals surface area contributed by atoms with Crippen LogP contribution in [0.15, 0.2) is 48.8 Å². The lowest BCUT2D eigenvalue weighted by Gasteiger charge is -2.26. The maximum Gasteiger partial charge on any atom is 0.416 e. The van der Waals surface area contributed by atoms with Gasteiger partial charge in [0.25, 0.3) is 0 Å². The highest BCUT2D eigenvalue weighted by Crippen LogP contribution is 2.39. The first-order valence-electron chi connectivity index (χ1n) is 14.2. The minimum Gasteiger partial charge on any atom is -0.444 e. The number of halogens is 3. The van der Waals surface area contributed by atoms with Crippen molar-refractivity contribution >= 4 is 50.3 Å². The fourth-order valence-electron chi connectivity index (χ4n) is 4.91. The van der Waals surface area contributed by atoms with Crippen molar-refractivity contribution in [3.8, 4) is 22.9 Å². The number of carbonyl (C=O) groups is 3. The fourth-order valence-corrected chi connectivity index (χ4v) is 5.84. The Labute approximate surface area is 266 Å². The number of nitrogens with one attached hydrogen (secondary N) is 1. The second-order valence-corrected chi connectivity index (χ2v) is 12.7. The Morgan fingerprint density at radius 1 is 1.09 bits per heavy atom. The molecule has 4 aromatic rings. The standard InChI is InChI=1S/C31H31F3N6O5S/c1-17(41)37-28-38-26-23(7-6-8-24(26)46-28)44-25-14-21(35-16-36-25)20-10-9-19(31(32,33)34)13-22(20)39(5)27(42)18-11-12-40(15-18)29(43)45-30(2,3)4/h6-10,13-14,16,18H,11-12,15H2,1-5H3,(H,37,38,41). The van der Waals surface area contributed by atoms with E-state index in [1.807, 2.05) is 6.07 Å². The molecule has 1 fully saturated rings. The van der Waals surface area contributed by atoms with E-state index in [4.69, 9.17) is 9.47 Å². The summed E-state index contributed by atoms with van der Waals surface area (Å²) in [7, 11) is 1.39. The maximum absolute atomic E-state index is 13.8. The number of ether oxygens (including phenoxy) is 2. The predicted molar refractivity (Wildman–Crippen MR) is 166 cm³/mol. The molecule has 0 aliphatic carbocycles. The Morgan fingerprint density at radius 2 is 1.85 bits per heavy atom. The van der Waals surface area contributed by atoms with E-state index >= 15 is 0 Å². The second-order valence-electron chi connectivity index (χ2n) is 11.7. The largest absolute Gasteiger partial charge is 0.444 e. The van der Waals surface area contributed by atoms with Gasteiger partial charge in [-0.15, -0.1) is 0 Å². The molecule has 1 atom stereocenters. The third-order valence-electron chi connectivity index (χ3n) is 7.00. The van der Waals surface area contributed by atoms with Gasteiger partial charge in [0.05, 0.1) is 27.6 Å². The topological polar surface area (TPSA) is 127 Å². The van der Waals surface area contributed by atoms with E-state index in [1.165, 1.54) is 48.7 Å². The SMILES string of the molecule is CC(=O)Nc1nc2c(Oc3cc(-c4ccc(C(F)(F)F)cc4N(C)C(=O)C4CCN(C(=O)OC(C)(C)C)C4)ncn3)cccc2s1. The van der Waals surface area contributed by atoms with E-state index in [1.54, 1.807) is 32.9 Å². The van der Waals surface area contributed by atoms with Crippen LogP contribution in [-0.2, 0) is 20.5 Å². The maximum atomic E-state index is 13.8. The van der Waals surface area contributed by atoms with Crippen molar-refractivity contribution in [2.75, 3.05) is 30.4 Å². The van der Waals surface area contributed by atoms with Crippen molar-refractivity contribution in [2.45, 2.75) is 45.9 Å². The van der Waals surface area contributed by atoms with E-state index in [9.17, 15) is 27.6 Å². The number of aromatic nitrogens is 3. The summed E-state index contributed by atoms with van der Waals surface area (Å²) in [5, 5.41) is 3.03. The van der Waals surface area contributed by atoms with Crippen molar-refractivity contribution in [1.29, 1.82) is 0 Å². The zero-order valence-electron chi connectivity index (χ0n) is 25.6. The van der Waals surface area contributed by atoms with E-state index in [-0.39, 0.29) is 41.8 Å². The summed E-state index contributed by atoms with van der Waals surface area (Å²) < 4.78 is 53.6. The first-order valence-corrected chi connectivity index (χ1v) is 15.0. The number of anilines is 2. The Balaban J connectivity index is 1.44. The number of amides is 3.